The monoisotopic (exact) mass is 563 g/mol. The zero-order chi connectivity index (χ0) is 29.3. The van der Waals surface area contributed by atoms with Crippen LogP contribution in [0.3, 0.4) is 0 Å². The molecule has 3 aromatic heterocycles. The van der Waals surface area contributed by atoms with Crippen LogP contribution in [0.25, 0.3) is 78.4 Å². The maximum Gasteiger partial charge on any atom is 0.164 e. The molecule has 0 aliphatic heterocycles. The van der Waals surface area contributed by atoms with Gasteiger partial charge in [-0.05, 0) is 41.8 Å². The van der Waals surface area contributed by atoms with Crippen LogP contribution in [-0.4, -0.2) is 24.9 Å². The van der Waals surface area contributed by atoms with Gasteiger partial charge in [0.15, 0.2) is 17.5 Å². The van der Waals surface area contributed by atoms with Crippen molar-refractivity contribution in [1.29, 1.82) is 0 Å². The largest absolute Gasteiger partial charge is 0.256 e. The van der Waals surface area contributed by atoms with Crippen LogP contribution in [0.15, 0.2) is 152 Å². The Kier molecular flexibility index (Phi) is 6.39. The van der Waals surface area contributed by atoms with E-state index in [1.54, 1.807) is 0 Å². The van der Waals surface area contributed by atoms with E-state index in [-0.39, 0.29) is 0 Å². The van der Waals surface area contributed by atoms with Gasteiger partial charge >= 0.3 is 0 Å². The van der Waals surface area contributed by atoms with Gasteiger partial charge in [-0.2, -0.15) is 0 Å². The molecule has 8 rings (SSSR count). The van der Waals surface area contributed by atoms with Crippen LogP contribution in [0.4, 0.5) is 0 Å². The third-order valence-electron chi connectivity index (χ3n) is 7.71. The average molecular weight is 564 g/mol. The van der Waals surface area contributed by atoms with Crippen LogP contribution in [0, 0.1) is 0 Å². The molecule has 5 heteroatoms. The molecule has 0 atom stereocenters. The number of hydrogen-bond acceptors (Lipinski definition) is 5. The van der Waals surface area contributed by atoms with Crippen molar-refractivity contribution in [2.24, 2.45) is 0 Å². The van der Waals surface area contributed by atoms with E-state index in [0.29, 0.717) is 17.5 Å². The van der Waals surface area contributed by atoms with Gasteiger partial charge in [0.05, 0.1) is 16.9 Å². The molecular formula is C39H25N5. The molecule has 0 spiro atoms. The lowest BCUT2D eigenvalue weighted by Gasteiger charge is -2.12. The summed E-state index contributed by atoms with van der Waals surface area (Å²) in [5.41, 5.74) is 7.32. The van der Waals surface area contributed by atoms with Gasteiger partial charge in [0.1, 0.15) is 0 Å². The lowest BCUT2D eigenvalue weighted by Crippen LogP contribution is -2.00. The van der Waals surface area contributed by atoms with E-state index in [2.05, 4.69) is 54.6 Å². The zero-order valence-corrected chi connectivity index (χ0v) is 23.7. The summed E-state index contributed by atoms with van der Waals surface area (Å²) in [4.78, 5) is 24.8. The fraction of sp³-hybridized carbons (Fsp3) is 0. The van der Waals surface area contributed by atoms with E-state index in [1.165, 1.54) is 0 Å². The summed E-state index contributed by atoms with van der Waals surface area (Å²) >= 11 is 0. The highest BCUT2D eigenvalue weighted by Gasteiger charge is 2.16. The third-order valence-corrected chi connectivity index (χ3v) is 7.71. The van der Waals surface area contributed by atoms with Gasteiger partial charge in [-0.15, -0.1) is 0 Å². The van der Waals surface area contributed by atoms with Crippen molar-refractivity contribution < 1.29 is 0 Å². The molecule has 0 saturated carbocycles. The SMILES string of the molecule is c1ccc(-c2nc(-c3ccccc3)nc(-c3cc(-c4cc5ccccc5cn4)cc(-c4ccc5ccccc5n4)c3)n2)cc1. The van der Waals surface area contributed by atoms with E-state index < -0.39 is 0 Å². The lowest BCUT2D eigenvalue weighted by molar-refractivity contribution is 1.07. The molecule has 5 aromatic carbocycles. The predicted molar refractivity (Wildman–Crippen MR) is 178 cm³/mol. The standard InChI is InChI=1S/C39H25N5/c1-3-12-27(13-4-1)37-42-38(28-14-5-2-6-15-28)44-39(43-37)33-22-31(35-20-19-26-11-9-10-18-34(26)41-35)21-32(23-33)36-24-29-16-7-8-17-30(29)25-40-36/h1-25H. The molecule has 0 saturated heterocycles. The molecule has 0 radical (unpaired) electrons. The molecule has 0 unspecified atom stereocenters. The van der Waals surface area contributed by atoms with Crippen LogP contribution in [0.2, 0.25) is 0 Å². The molecule has 0 amide bonds. The molecule has 8 aromatic rings. The minimum absolute atomic E-state index is 0.586. The van der Waals surface area contributed by atoms with Crippen LogP contribution in [0.5, 0.6) is 0 Å². The fourth-order valence-corrected chi connectivity index (χ4v) is 5.46. The van der Waals surface area contributed by atoms with E-state index >= 15 is 0 Å². The van der Waals surface area contributed by atoms with E-state index in [9.17, 15) is 0 Å². The van der Waals surface area contributed by atoms with Crippen LogP contribution in [0.1, 0.15) is 0 Å². The van der Waals surface area contributed by atoms with E-state index in [0.717, 1.165) is 60.9 Å². The summed E-state index contributed by atoms with van der Waals surface area (Å²) in [5, 5.41) is 3.33. The van der Waals surface area contributed by atoms with Gasteiger partial charge < -0.3 is 0 Å². The van der Waals surface area contributed by atoms with Crippen LogP contribution >= 0.6 is 0 Å². The van der Waals surface area contributed by atoms with Crippen molar-refractivity contribution in [3.8, 4) is 56.7 Å². The Morgan fingerprint density at radius 1 is 0.318 bits per heavy atom. The maximum atomic E-state index is 5.02. The highest BCUT2D eigenvalue weighted by Crippen LogP contribution is 2.33. The van der Waals surface area contributed by atoms with Crippen molar-refractivity contribution >= 4 is 21.7 Å². The number of nitrogens with zero attached hydrogens (tertiary/aromatic N) is 5. The molecule has 0 aliphatic carbocycles. The fourth-order valence-electron chi connectivity index (χ4n) is 5.46. The predicted octanol–water partition coefficient (Wildman–Crippen LogP) is 9.30. The Bertz CT molecular complexity index is 2130. The van der Waals surface area contributed by atoms with Gasteiger partial charge in [0.2, 0.25) is 0 Å². The first-order valence-corrected chi connectivity index (χ1v) is 14.5. The second kappa shape index (κ2) is 11.0. The molecule has 0 N–H and O–H groups in total. The number of aromatic nitrogens is 5. The van der Waals surface area contributed by atoms with E-state index in [1.807, 2.05) is 97.2 Å². The summed E-state index contributed by atoms with van der Waals surface area (Å²) in [5.74, 6) is 1.82. The molecule has 44 heavy (non-hydrogen) atoms. The summed E-state index contributed by atoms with van der Waals surface area (Å²) in [6.45, 7) is 0. The second-order valence-electron chi connectivity index (χ2n) is 10.6. The van der Waals surface area contributed by atoms with Crippen molar-refractivity contribution in [3.63, 3.8) is 0 Å². The average Bonchev–Trinajstić information content (AvgIpc) is 3.11. The summed E-state index contributed by atoms with van der Waals surface area (Å²) in [6.07, 6.45) is 1.93. The lowest BCUT2D eigenvalue weighted by atomic mass is 9.99. The summed E-state index contributed by atoms with van der Waals surface area (Å²) in [6, 6.07) is 49.2. The first-order valence-electron chi connectivity index (χ1n) is 14.5. The Labute approximate surface area is 254 Å². The second-order valence-corrected chi connectivity index (χ2v) is 10.6. The molecule has 3 heterocycles. The maximum absolute atomic E-state index is 5.02. The van der Waals surface area contributed by atoms with Crippen molar-refractivity contribution in [1.82, 2.24) is 24.9 Å². The first-order chi connectivity index (χ1) is 21.8. The minimum atomic E-state index is 0.586. The van der Waals surface area contributed by atoms with Crippen molar-refractivity contribution in [3.05, 3.63) is 152 Å². The molecule has 0 aliphatic rings. The zero-order valence-electron chi connectivity index (χ0n) is 23.7. The van der Waals surface area contributed by atoms with Gasteiger partial charge in [-0.25, -0.2) is 19.9 Å². The Morgan fingerprint density at radius 3 is 1.52 bits per heavy atom. The van der Waals surface area contributed by atoms with Gasteiger partial charge in [0, 0.05) is 44.8 Å². The summed E-state index contributed by atoms with van der Waals surface area (Å²) in [7, 11) is 0. The van der Waals surface area contributed by atoms with Gasteiger partial charge in [-0.3, -0.25) is 4.98 Å². The molecule has 5 nitrogen and oxygen atoms in total. The Balaban J connectivity index is 1.36. The molecule has 206 valence electrons. The number of hydrogen-bond donors (Lipinski definition) is 0. The topological polar surface area (TPSA) is 64.5 Å². The van der Waals surface area contributed by atoms with E-state index in [4.69, 9.17) is 24.9 Å². The Hall–Kier alpha value is -6.07. The third kappa shape index (κ3) is 4.97. The molecule has 0 fully saturated rings. The Morgan fingerprint density at radius 2 is 0.841 bits per heavy atom. The number of rotatable bonds is 5. The summed E-state index contributed by atoms with van der Waals surface area (Å²) < 4.78 is 0. The van der Waals surface area contributed by atoms with Crippen molar-refractivity contribution in [2.75, 3.05) is 0 Å². The minimum Gasteiger partial charge on any atom is -0.256 e. The number of fused-ring (bicyclic) bond motifs is 2. The van der Waals surface area contributed by atoms with Crippen molar-refractivity contribution in [2.45, 2.75) is 0 Å². The van der Waals surface area contributed by atoms with Gasteiger partial charge in [0.25, 0.3) is 0 Å². The highest BCUT2D eigenvalue weighted by molar-refractivity contribution is 5.88. The quantitative estimate of drug-likeness (QED) is 0.209. The number of pyridine rings is 2. The highest BCUT2D eigenvalue weighted by atomic mass is 15.0. The molecule has 0 bridgehead atoms. The first kappa shape index (κ1) is 25.6. The number of benzene rings is 5. The van der Waals surface area contributed by atoms with Gasteiger partial charge in [-0.1, -0.05) is 109 Å². The molecular weight excluding hydrogens is 538 g/mol. The van der Waals surface area contributed by atoms with Crippen LogP contribution in [-0.2, 0) is 0 Å². The smallest absolute Gasteiger partial charge is 0.164 e. The van der Waals surface area contributed by atoms with Crippen LogP contribution < -0.4 is 0 Å². The normalized spacial score (nSPS) is 11.2. The number of para-hydroxylation sites is 1.